The number of aromatic nitrogens is 1. The molecular weight excluding hydrogens is 373 g/mol. The fourth-order valence-corrected chi connectivity index (χ4v) is 2.50. The van der Waals surface area contributed by atoms with E-state index >= 15 is 0 Å². The molecule has 3 rings (SSSR count). The van der Waals surface area contributed by atoms with Crippen molar-refractivity contribution in [2.75, 3.05) is 11.9 Å². The highest BCUT2D eigenvalue weighted by Gasteiger charge is 2.06. The van der Waals surface area contributed by atoms with E-state index in [-0.39, 0.29) is 24.1 Å². The highest BCUT2D eigenvalue weighted by molar-refractivity contribution is 5.94. The summed E-state index contributed by atoms with van der Waals surface area (Å²) in [7, 11) is 0. The number of carbonyl (C=O) groups is 2. The minimum absolute atomic E-state index is 0.160. The molecule has 6 nitrogen and oxygen atoms in total. The van der Waals surface area contributed by atoms with E-state index < -0.39 is 0 Å². The Balaban J connectivity index is 1.39. The van der Waals surface area contributed by atoms with Crippen LogP contribution in [0.2, 0.25) is 0 Å². The molecule has 2 aromatic carbocycles. The van der Waals surface area contributed by atoms with E-state index in [0.717, 1.165) is 0 Å². The number of nitrogens with one attached hydrogen (secondary N) is 2. The van der Waals surface area contributed by atoms with Crippen LogP contribution < -0.4 is 15.4 Å². The lowest BCUT2D eigenvalue weighted by Gasteiger charge is -2.08. The standard InChI is InChI=1S/C22H20FN3O3/c23-17-8-11-19(12-9-17)29-21-13-10-18(15-25-21)26-20(27)7-4-14-24-22(28)16-5-2-1-3-6-16/h1-3,5-6,8-13,15H,4,7,14H2,(H,24,28)(H,26,27). The summed E-state index contributed by atoms with van der Waals surface area (Å²) in [5.41, 5.74) is 1.13. The molecule has 1 heterocycles. The summed E-state index contributed by atoms with van der Waals surface area (Å²) in [5.74, 6) is 0.120. The monoisotopic (exact) mass is 393 g/mol. The van der Waals surface area contributed by atoms with Crippen molar-refractivity contribution in [1.82, 2.24) is 10.3 Å². The minimum Gasteiger partial charge on any atom is -0.439 e. The van der Waals surface area contributed by atoms with E-state index in [1.165, 1.54) is 30.5 Å². The average molecular weight is 393 g/mol. The Kier molecular flexibility index (Phi) is 6.89. The van der Waals surface area contributed by atoms with Crippen LogP contribution in [-0.4, -0.2) is 23.3 Å². The van der Waals surface area contributed by atoms with E-state index in [1.54, 1.807) is 36.4 Å². The molecule has 0 fully saturated rings. The number of halogens is 1. The summed E-state index contributed by atoms with van der Waals surface area (Å²) in [6.07, 6.45) is 2.26. The molecule has 29 heavy (non-hydrogen) atoms. The zero-order chi connectivity index (χ0) is 20.5. The average Bonchev–Trinajstić information content (AvgIpc) is 2.75. The van der Waals surface area contributed by atoms with E-state index in [2.05, 4.69) is 15.6 Å². The number of hydrogen-bond acceptors (Lipinski definition) is 4. The van der Waals surface area contributed by atoms with Gasteiger partial charge < -0.3 is 15.4 Å². The van der Waals surface area contributed by atoms with Crippen molar-refractivity contribution >= 4 is 17.5 Å². The van der Waals surface area contributed by atoms with Gasteiger partial charge in [-0.15, -0.1) is 0 Å². The zero-order valence-corrected chi connectivity index (χ0v) is 15.6. The normalized spacial score (nSPS) is 10.2. The maximum Gasteiger partial charge on any atom is 0.251 e. The number of anilines is 1. The third-order valence-corrected chi connectivity index (χ3v) is 3.96. The first-order chi connectivity index (χ1) is 14.1. The molecule has 3 aromatic rings. The Hall–Kier alpha value is -3.74. The lowest BCUT2D eigenvalue weighted by Crippen LogP contribution is -2.25. The minimum atomic E-state index is -0.344. The highest BCUT2D eigenvalue weighted by Crippen LogP contribution is 2.20. The van der Waals surface area contributed by atoms with Gasteiger partial charge in [0.25, 0.3) is 5.91 Å². The quantitative estimate of drug-likeness (QED) is 0.563. The van der Waals surface area contributed by atoms with Crippen LogP contribution in [0.15, 0.2) is 72.9 Å². The third kappa shape index (κ3) is 6.42. The van der Waals surface area contributed by atoms with Gasteiger partial charge in [0.05, 0.1) is 11.9 Å². The summed E-state index contributed by atoms with van der Waals surface area (Å²) in [6, 6.07) is 17.8. The molecule has 0 unspecified atom stereocenters. The Morgan fingerprint density at radius 1 is 0.966 bits per heavy atom. The van der Waals surface area contributed by atoms with Gasteiger partial charge >= 0.3 is 0 Å². The van der Waals surface area contributed by atoms with Crippen LogP contribution in [0, 0.1) is 5.82 Å². The SMILES string of the molecule is O=C(CCCNC(=O)c1ccccc1)Nc1ccc(Oc2ccc(F)cc2)nc1. The number of carbonyl (C=O) groups excluding carboxylic acids is 2. The van der Waals surface area contributed by atoms with Crippen molar-refractivity contribution in [3.8, 4) is 11.6 Å². The van der Waals surface area contributed by atoms with Crippen molar-refractivity contribution < 1.29 is 18.7 Å². The van der Waals surface area contributed by atoms with E-state index in [4.69, 9.17) is 4.74 Å². The zero-order valence-electron chi connectivity index (χ0n) is 15.6. The number of rotatable bonds is 8. The van der Waals surface area contributed by atoms with Gasteiger partial charge in [0.2, 0.25) is 11.8 Å². The Morgan fingerprint density at radius 2 is 1.72 bits per heavy atom. The maximum atomic E-state index is 12.9. The van der Waals surface area contributed by atoms with E-state index in [1.807, 2.05) is 6.07 Å². The van der Waals surface area contributed by atoms with Crippen molar-refractivity contribution in [3.63, 3.8) is 0 Å². The Morgan fingerprint density at radius 3 is 2.41 bits per heavy atom. The van der Waals surface area contributed by atoms with Gasteiger partial charge in [0.1, 0.15) is 11.6 Å². The van der Waals surface area contributed by atoms with Crippen LogP contribution in [0.3, 0.4) is 0 Å². The molecule has 148 valence electrons. The largest absolute Gasteiger partial charge is 0.439 e. The number of hydrogen-bond donors (Lipinski definition) is 2. The van der Waals surface area contributed by atoms with Gasteiger partial charge in [-0.3, -0.25) is 9.59 Å². The molecule has 2 amide bonds. The fourth-order valence-electron chi connectivity index (χ4n) is 2.50. The molecule has 0 saturated heterocycles. The number of ether oxygens (including phenoxy) is 1. The first kappa shape index (κ1) is 20.0. The van der Waals surface area contributed by atoms with Gasteiger partial charge in [-0.1, -0.05) is 18.2 Å². The summed E-state index contributed by atoms with van der Waals surface area (Å²) in [6.45, 7) is 0.407. The molecule has 2 N–H and O–H groups in total. The molecular formula is C22H20FN3O3. The highest BCUT2D eigenvalue weighted by atomic mass is 19.1. The van der Waals surface area contributed by atoms with E-state index in [0.29, 0.717) is 35.8 Å². The first-order valence-electron chi connectivity index (χ1n) is 9.13. The summed E-state index contributed by atoms with van der Waals surface area (Å²) in [4.78, 5) is 28.0. The number of pyridine rings is 1. The second-order valence-electron chi connectivity index (χ2n) is 6.21. The van der Waals surface area contributed by atoms with E-state index in [9.17, 15) is 14.0 Å². The lowest BCUT2D eigenvalue weighted by atomic mass is 10.2. The van der Waals surface area contributed by atoms with Crippen LogP contribution in [-0.2, 0) is 4.79 Å². The van der Waals surface area contributed by atoms with Gasteiger partial charge in [0, 0.05) is 24.6 Å². The summed E-state index contributed by atoms with van der Waals surface area (Å²) < 4.78 is 18.4. The third-order valence-electron chi connectivity index (χ3n) is 3.96. The number of amides is 2. The molecule has 0 atom stereocenters. The molecule has 0 aliphatic carbocycles. The molecule has 1 aromatic heterocycles. The summed E-state index contributed by atoms with van der Waals surface area (Å²) >= 11 is 0. The maximum absolute atomic E-state index is 12.9. The molecule has 0 radical (unpaired) electrons. The molecule has 0 bridgehead atoms. The Bertz CT molecular complexity index is 945. The van der Waals surface area contributed by atoms with Crippen molar-refractivity contribution in [3.05, 3.63) is 84.3 Å². The predicted molar refractivity (Wildman–Crippen MR) is 107 cm³/mol. The van der Waals surface area contributed by atoms with Crippen molar-refractivity contribution in [2.45, 2.75) is 12.8 Å². The summed E-state index contributed by atoms with van der Waals surface area (Å²) in [5, 5.41) is 5.52. The topological polar surface area (TPSA) is 80.3 Å². The lowest BCUT2D eigenvalue weighted by molar-refractivity contribution is -0.116. The van der Waals surface area contributed by atoms with Crippen LogP contribution in [0.5, 0.6) is 11.6 Å². The number of nitrogens with zero attached hydrogens (tertiary/aromatic N) is 1. The molecule has 0 spiro atoms. The second kappa shape index (κ2) is 9.98. The molecule has 0 aliphatic heterocycles. The van der Waals surface area contributed by atoms with Crippen molar-refractivity contribution in [1.29, 1.82) is 0 Å². The predicted octanol–water partition coefficient (Wildman–Crippen LogP) is 4.16. The molecule has 0 aliphatic rings. The van der Waals surface area contributed by atoms with Gasteiger partial charge in [-0.05, 0) is 48.9 Å². The van der Waals surface area contributed by atoms with Crippen LogP contribution in [0.25, 0.3) is 0 Å². The van der Waals surface area contributed by atoms with Crippen LogP contribution in [0.1, 0.15) is 23.2 Å². The van der Waals surface area contributed by atoms with Gasteiger partial charge in [-0.2, -0.15) is 0 Å². The molecule has 7 heteroatoms. The van der Waals surface area contributed by atoms with Gasteiger partial charge in [0.15, 0.2) is 0 Å². The van der Waals surface area contributed by atoms with Crippen LogP contribution in [0.4, 0.5) is 10.1 Å². The second-order valence-corrected chi connectivity index (χ2v) is 6.21. The van der Waals surface area contributed by atoms with Crippen LogP contribution >= 0.6 is 0 Å². The first-order valence-corrected chi connectivity index (χ1v) is 9.13. The smallest absolute Gasteiger partial charge is 0.251 e. The number of benzene rings is 2. The van der Waals surface area contributed by atoms with Crippen molar-refractivity contribution in [2.24, 2.45) is 0 Å². The van der Waals surface area contributed by atoms with Gasteiger partial charge in [-0.25, -0.2) is 9.37 Å². The molecule has 0 saturated carbocycles. The Labute approximate surface area is 167 Å². The fraction of sp³-hybridized carbons (Fsp3) is 0.136.